The minimum absolute atomic E-state index is 0.0199. The van der Waals surface area contributed by atoms with Gasteiger partial charge in [0, 0.05) is 35.3 Å². The predicted molar refractivity (Wildman–Crippen MR) is 91.5 cm³/mol. The van der Waals surface area contributed by atoms with Crippen LogP contribution in [0.2, 0.25) is 0 Å². The molecule has 1 fully saturated rings. The molecule has 24 heavy (non-hydrogen) atoms. The van der Waals surface area contributed by atoms with Crippen molar-refractivity contribution < 1.29 is 9.53 Å². The number of hydrogen-bond acceptors (Lipinski definition) is 6. The summed E-state index contributed by atoms with van der Waals surface area (Å²) in [5, 5.41) is 3.49. The van der Waals surface area contributed by atoms with Gasteiger partial charge in [-0.05, 0) is 45.2 Å². The molecule has 0 aliphatic heterocycles. The molecule has 0 saturated heterocycles. The molecule has 0 bridgehead atoms. The second-order valence-electron chi connectivity index (χ2n) is 6.22. The summed E-state index contributed by atoms with van der Waals surface area (Å²) in [6.45, 7) is 3.99. The van der Waals surface area contributed by atoms with Gasteiger partial charge in [-0.25, -0.2) is 9.97 Å². The van der Waals surface area contributed by atoms with E-state index < -0.39 is 0 Å². The second kappa shape index (κ2) is 6.95. The Hall–Kier alpha value is -2.50. The van der Waals surface area contributed by atoms with E-state index in [0.29, 0.717) is 5.82 Å². The van der Waals surface area contributed by atoms with Crippen molar-refractivity contribution in [1.82, 2.24) is 15.0 Å². The minimum atomic E-state index is -0.120. The lowest BCUT2D eigenvalue weighted by Gasteiger charge is -2.17. The van der Waals surface area contributed by atoms with Crippen LogP contribution in [0.4, 0.5) is 5.82 Å². The van der Waals surface area contributed by atoms with E-state index in [2.05, 4.69) is 20.3 Å². The third-order valence-corrected chi connectivity index (χ3v) is 4.62. The average molecular weight is 326 g/mol. The monoisotopic (exact) mass is 326 g/mol. The Morgan fingerprint density at radius 1 is 1.29 bits per heavy atom. The third kappa shape index (κ3) is 3.37. The number of aryl methyl sites for hydroxylation is 1. The molecule has 2 aromatic rings. The lowest BCUT2D eigenvalue weighted by Crippen LogP contribution is -2.20. The first-order valence-corrected chi connectivity index (χ1v) is 8.18. The van der Waals surface area contributed by atoms with Crippen LogP contribution < -0.4 is 5.32 Å². The van der Waals surface area contributed by atoms with Crippen molar-refractivity contribution in [2.75, 3.05) is 12.4 Å². The summed E-state index contributed by atoms with van der Waals surface area (Å²) in [5.41, 5.74) is 2.86. The van der Waals surface area contributed by atoms with Crippen LogP contribution in [0.15, 0.2) is 24.5 Å². The number of nitrogens with zero attached hydrogens (tertiary/aromatic N) is 3. The van der Waals surface area contributed by atoms with Crippen molar-refractivity contribution in [3.63, 3.8) is 0 Å². The van der Waals surface area contributed by atoms with Gasteiger partial charge in [0.05, 0.1) is 13.0 Å². The molecular weight excluding hydrogens is 304 g/mol. The van der Waals surface area contributed by atoms with Gasteiger partial charge in [-0.15, -0.1) is 0 Å². The quantitative estimate of drug-likeness (QED) is 0.871. The number of methoxy groups -OCH3 is 1. The van der Waals surface area contributed by atoms with E-state index in [1.165, 1.54) is 7.11 Å². The summed E-state index contributed by atoms with van der Waals surface area (Å²) in [5.74, 6) is 1.35. The molecule has 0 spiro atoms. The van der Waals surface area contributed by atoms with E-state index in [9.17, 15) is 4.79 Å². The molecule has 6 nitrogen and oxygen atoms in total. The zero-order valence-corrected chi connectivity index (χ0v) is 14.2. The molecule has 1 aliphatic rings. The largest absolute Gasteiger partial charge is 0.469 e. The van der Waals surface area contributed by atoms with E-state index in [-0.39, 0.29) is 17.9 Å². The van der Waals surface area contributed by atoms with Crippen LogP contribution in [-0.2, 0) is 9.53 Å². The van der Waals surface area contributed by atoms with Crippen LogP contribution in [0.25, 0.3) is 11.4 Å². The number of rotatable bonds is 4. The van der Waals surface area contributed by atoms with E-state index in [1.807, 2.05) is 26.0 Å². The molecule has 2 aromatic heterocycles. The fourth-order valence-corrected chi connectivity index (χ4v) is 3.08. The molecule has 2 atom stereocenters. The molecule has 0 amide bonds. The van der Waals surface area contributed by atoms with Crippen LogP contribution >= 0.6 is 0 Å². The van der Waals surface area contributed by atoms with Crippen LogP contribution in [0.3, 0.4) is 0 Å². The van der Waals surface area contributed by atoms with Gasteiger partial charge in [-0.1, -0.05) is 0 Å². The van der Waals surface area contributed by atoms with E-state index in [4.69, 9.17) is 4.74 Å². The van der Waals surface area contributed by atoms with Gasteiger partial charge in [-0.2, -0.15) is 0 Å². The number of aromatic nitrogens is 3. The van der Waals surface area contributed by atoms with Gasteiger partial charge >= 0.3 is 5.97 Å². The fourth-order valence-electron chi connectivity index (χ4n) is 3.08. The van der Waals surface area contributed by atoms with Crippen LogP contribution in [0.1, 0.15) is 30.5 Å². The van der Waals surface area contributed by atoms with Crippen LogP contribution in [-0.4, -0.2) is 34.1 Å². The number of ether oxygens (including phenoxy) is 1. The molecule has 0 unspecified atom stereocenters. The van der Waals surface area contributed by atoms with Crippen molar-refractivity contribution in [1.29, 1.82) is 0 Å². The maximum atomic E-state index is 11.7. The first-order chi connectivity index (χ1) is 11.6. The summed E-state index contributed by atoms with van der Waals surface area (Å²) in [6, 6.07) is 4.05. The zero-order chi connectivity index (χ0) is 17.1. The lowest BCUT2D eigenvalue weighted by atomic mass is 10.1. The molecule has 2 heterocycles. The number of carbonyl (C=O) groups excluding carboxylic acids is 1. The number of pyridine rings is 1. The standard InChI is InChI=1S/C18H22N4O2/c1-11-12(2)20-17(14-5-4-8-19-10-14)22-16(11)21-15-7-6-13(9-15)18(23)24-3/h4-5,8,10,13,15H,6-7,9H2,1-3H3,(H,20,21,22)/t13-,15+/m0/s1. The molecule has 126 valence electrons. The number of nitrogens with one attached hydrogen (secondary N) is 1. The molecule has 6 heteroatoms. The van der Waals surface area contributed by atoms with Gasteiger partial charge in [-0.3, -0.25) is 9.78 Å². The van der Waals surface area contributed by atoms with Crippen LogP contribution in [0, 0.1) is 19.8 Å². The smallest absolute Gasteiger partial charge is 0.308 e. The molecule has 3 rings (SSSR count). The molecule has 1 saturated carbocycles. The Bertz CT molecular complexity index is 733. The van der Waals surface area contributed by atoms with Crippen molar-refractivity contribution in [3.8, 4) is 11.4 Å². The van der Waals surface area contributed by atoms with E-state index in [1.54, 1.807) is 12.4 Å². The first kappa shape index (κ1) is 16.4. The average Bonchev–Trinajstić information content (AvgIpc) is 3.07. The highest BCUT2D eigenvalue weighted by Crippen LogP contribution is 2.30. The highest BCUT2D eigenvalue weighted by Gasteiger charge is 2.31. The Balaban J connectivity index is 1.81. The van der Waals surface area contributed by atoms with Gasteiger partial charge < -0.3 is 10.1 Å². The maximum Gasteiger partial charge on any atom is 0.308 e. The van der Waals surface area contributed by atoms with Crippen molar-refractivity contribution in [2.45, 2.75) is 39.2 Å². The summed E-state index contributed by atoms with van der Waals surface area (Å²) in [6.07, 6.45) is 6.05. The first-order valence-electron chi connectivity index (χ1n) is 8.18. The normalized spacial score (nSPS) is 20.0. The van der Waals surface area contributed by atoms with Gasteiger partial charge in [0.1, 0.15) is 5.82 Å². The van der Waals surface area contributed by atoms with Gasteiger partial charge in [0.2, 0.25) is 0 Å². The molecule has 0 aromatic carbocycles. The topological polar surface area (TPSA) is 77.0 Å². The number of anilines is 1. The lowest BCUT2D eigenvalue weighted by molar-refractivity contribution is -0.145. The Labute approximate surface area is 141 Å². The van der Waals surface area contributed by atoms with E-state index >= 15 is 0 Å². The fraction of sp³-hybridized carbons (Fsp3) is 0.444. The van der Waals surface area contributed by atoms with Gasteiger partial charge in [0.15, 0.2) is 5.82 Å². The Kier molecular flexibility index (Phi) is 4.74. The summed E-state index contributed by atoms with van der Waals surface area (Å²) in [4.78, 5) is 25.1. The van der Waals surface area contributed by atoms with Crippen molar-refractivity contribution in [3.05, 3.63) is 35.8 Å². The summed E-state index contributed by atoms with van der Waals surface area (Å²) >= 11 is 0. The van der Waals surface area contributed by atoms with E-state index in [0.717, 1.165) is 41.9 Å². The van der Waals surface area contributed by atoms with Gasteiger partial charge in [0.25, 0.3) is 0 Å². The highest BCUT2D eigenvalue weighted by atomic mass is 16.5. The zero-order valence-electron chi connectivity index (χ0n) is 14.2. The molecule has 0 radical (unpaired) electrons. The predicted octanol–water partition coefficient (Wildman–Crippen LogP) is 2.91. The third-order valence-electron chi connectivity index (χ3n) is 4.62. The SMILES string of the molecule is COC(=O)[C@H]1CC[C@@H](Nc2nc(-c3cccnc3)nc(C)c2C)C1. The number of carbonyl (C=O) groups is 1. The highest BCUT2D eigenvalue weighted by molar-refractivity contribution is 5.72. The molecular formula is C18H22N4O2. The van der Waals surface area contributed by atoms with Crippen LogP contribution in [0.5, 0.6) is 0 Å². The Morgan fingerprint density at radius 3 is 2.83 bits per heavy atom. The summed E-state index contributed by atoms with van der Waals surface area (Å²) < 4.78 is 4.85. The molecule has 1 N–H and O–H groups in total. The number of hydrogen-bond donors (Lipinski definition) is 1. The van der Waals surface area contributed by atoms with Crippen molar-refractivity contribution in [2.24, 2.45) is 5.92 Å². The van der Waals surface area contributed by atoms with Crippen molar-refractivity contribution >= 4 is 11.8 Å². The second-order valence-corrected chi connectivity index (χ2v) is 6.22. The summed E-state index contributed by atoms with van der Waals surface area (Å²) in [7, 11) is 1.45. The minimum Gasteiger partial charge on any atom is -0.469 e. The molecule has 1 aliphatic carbocycles. The maximum absolute atomic E-state index is 11.7. The Morgan fingerprint density at radius 2 is 2.12 bits per heavy atom. The number of esters is 1.